The summed E-state index contributed by atoms with van der Waals surface area (Å²) >= 11 is 0. The van der Waals surface area contributed by atoms with Crippen LogP contribution in [-0.4, -0.2) is 31.2 Å². The van der Waals surface area contributed by atoms with Crippen LogP contribution in [0.25, 0.3) is 0 Å². The first-order valence-electron chi connectivity index (χ1n) is 8.82. The molecule has 122 valence electrons. The smallest absolute Gasteiger partial charge is 0.131 e. The van der Waals surface area contributed by atoms with Crippen LogP contribution in [0, 0.1) is 0 Å². The maximum absolute atomic E-state index is 4.93. The second-order valence-electron chi connectivity index (χ2n) is 7.02. The van der Waals surface area contributed by atoms with Gasteiger partial charge in [0, 0.05) is 68.2 Å². The van der Waals surface area contributed by atoms with Crippen molar-refractivity contribution in [3.8, 4) is 0 Å². The lowest BCUT2D eigenvalue weighted by atomic mass is 9.88. The van der Waals surface area contributed by atoms with E-state index in [0.29, 0.717) is 5.92 Å². The molecule has 0 saturated heterocycles. The molecule has 4 rings (SSSR count). The molecule has 5 nitrogen and oxygen atoms in total. The van der Waals surface area contributed by atoms with E-state index in [0.717, 1.165) is 31.9 Å². The van der Waals surface area contributed by atoms with Crippen molar-refractivity contribution in [2.24, 2.45) is 7.05 Å². The van der Waals surface area contributed by atoms with E-state index in [4.69, 9.17) is 9.97 Å². The summed E-state index contributed by atoms with van der Waals surface area (Å²) in [5, 5.41) is 4.26. The molecule has 0 atom stereocenters. The highest BCUT2D eigenvalue weighted by molar-refractivity contribution is 5.22. The second-order valence-corrected chi connectivity index (χ2v) is 7.02. The normalized spacial score (nSPS) is 19.7. The Morgan fingerprint density at radius 2 is 2.04 bits per heavy atom. The number of fused-ring (bicyclic) bond motifs is 1. The van der Waals surface area contributed by atoms with Gasteiger partial charge in [-0.25, -0.2) is 9.97 Å². The summed E-state index contributed by atoms with van der Waals surface area (Å²) in [4.78, 5) is 12.1. The molecule has 0 radical (unpaired) electrons. The number of aromatic nitrogens is 4. The van der Waals surface area contributed by atoms with E-state index < -0.39 is 0 Å². The lowest BCUT2D eigenvalue weighted by Crippen LogP contribution is -2.31. The third-order valence-electron chi connectivity index (χ3n) is 5.17. The molecule has 5 heteroatoms. The van der Waals surface area contributed by atoms with Crippen LogP contribution in [0.3, 0.4) is 0 Å². The summed E-state index contributed by atoms with van der Waals surface area (Å²) < 4.78 is 1.87. The fourth-order valence-corrected chi connectivity index (χ4v) is 3.89. The Hall–Kier alpha value is -1.75. The largest absolute Gasteiger partial charge is 0.294 e. The third kappa shape index (κ3) is 3.29. The highest BCUT2D eigenvalue weighted by Gasteiger charge is 2.22. The highest BCUT2D eigenvalue weighted by Crippen LogP contribution is 2.31. The Morgan fingerprint density at radius 1 is 1.17 bits per heavy atom. The first-order chi connectivity index (χ1) is 11.3. The molecule has 2 aromatic heterocycles. The number of hydrogen-bond acceptors (Lipinski definition) is 4. The van der Waals surface area contributed by atoms with Crippen molar-refractivity contribution in [2.45, 2.75) is 57.5 Å². The zero-order chi connectivity index (χ0) is 15.6. The summed E-state index contributed by atoms with van der Waals surface area (Å²) in [6.07, 6.45) is 13.8. The minimum absolute atomic E-state index is 0.600. The topological polar surface area (TPSA) is 46.8 Å². The van der Waals surface area contributed by atoms with Gasteiger partial charge in [0.05, 0.1) is 6.20 Å². The summed E-state index contributed by atoms with van der Waals surface area (Å²) in [5.41, 5.74) is 3.86. The van der Waals surface area contributed by atoms with Crippen molar-refractivity contribution in [3.05, 3.63) is 41.2 Å². The van der Waals surface area contributed by atoms with Crippen LogP contribution in [-0.2, 0) is 26.6 Å². The van der Waals surface area contributed by atoms with Gasteiger partial charge in [-0.2, -0.15) is 5.10 Å². The van der Waals surface area contributed by atoms with Crippen molar-refractivity contribution < 1.29 is 0 Å². The van der Waals surface area contributed by atoms with Crippen LogP contribution in [0.5, 0.6) is 0 Å². The van der Waals surface area contributed by atoms with E-state index in [1.54, 1.807) is 0 Å². The third-order valence-corrected chi connectivity index (χ3v) is 5.17. The molecule has 2 aromatic rings. The zero-order valence-electron chi connectivity index (χ0n) is 13.9. The molecule has 1 fully saturated rings. The predicted molar refractivity (Wildman–Crippen MR) is 88.9 cm³/mol. The number of rotatable bonds is 3. The monoisotopic (exact) mass is 311 g/mol. The van der Waals surface area contributed by atoms with E-state index >= 15 is 0 Å². The molecule has 23 heavy (non-hydrogen) atoms. The Morgan fingerprint density at radius 3 is 2.83 bits per heavy atom. The standard InChI is InChI=1S/C18H25N5/c1-22-11-14(9-20-22)12-23-8-7-17-16(13-23)10-19-18(21-17)15-5-3-2-4-6-15/h9-11,15H,2-8,12-13H2,1H3. The van der Waals surface area contributed by atoms with E-state index in [1.807, 2.05) is 17.9 Å². The van der Waals surface area contributed by atoms with Gasteiger partial charge < -0.3 is 0 Å². The molecule has 0 aromatic carbocycles. The molecular formula is C18H25N5. The van der Waals surface area contributed by atoms with Gasteiger partial charge in [0.2, 0.25) is 0 Å². The SMILES string of the molecule is Cn1cc(CN2CCc3nc(C4CCCCC4)ncc3C2)cn1. The minimum Gasteiger partial charge on any atom is -0.294 e. The minimum atomic E-state index is 0.600. The van der Waals surface area contributed by atoms with Crippen LogP contribution in [0.2, 0.25) is 0 Å². The number of aryl methyl sites for hydroxylation is 1. The molecule has 1 aliphatic carbocycles. The molecule has 0 N–H and O–H groups in total. The lowest BCUT2D eigenvalue weighted by molar-refractivity contribution is 0.242. The van der Waals surface area contributed by atoms with Crippen LogP contribution in [0.1, 0.15) is 60.7 Å². The van der Waals surface area contributed by atoms with Crippen molar-refractivity contribution in [2.75, 3.05) is 6.54 Å². The van der Waals surface area contributed by atoms with Gasteiger partial charge in [-0.1, -0.05) is 19.3 Å². The van der Waals surface area contributed by atoms with Crippen LogP contribution >= 0.6 is 0 Å². The Bertz CT molecular complexity index is 672. The molecule has 0 spiro atoms. The van der Waals surface area contributed by atoms with Crippen molar-refractivity contribution in [1.82, 2.24) is 24.6 Å². The number of hydrogen-bond donors (Lipinski definition) is 0. The predicted octanol–water partition coefficient (Wildman–Crippen LogP) is 2.82. The van der Waals surface area contributed by atoms with Gasteiger partial charge in [-0.05, 0) is 12.8 Å². The molecule has 3 heterocycles. The summed E-state index contributed by atoms with van der Waals surface area (Å²) in [6, 6.07) is 0. The maximum atomic E-state index is 4.93. The molecule has 1 aliphatic heterocycles. The highest BCUT2D eigenvalue weighted by atomic mass is 15.2. The molecule has 0 amide bonds. The van der Waals surface area contributed by atoms with Gasteiger partial charge >= 0.3 is 0 Å². The average molecular weight is 311 g/mol. The van der Waals surface area contributed by atoms with Crippen molar-refractivity contribution in [3.63, 3.8) is 0 Å². The van der Waals surface area contributed by atoms with Crippen molar-refractivity contribution >= 4 is 0 Å². The second kappa shape index (κ2) is 6.40. The van der Waals surface area contributed by atoms with Crippen LogP contribution in [0.15, 0.2) is 18.6 Å². The summed E-state index contributed by atoms with van der Waals surface area (Å²) in [7, 11) is 1.97. The van der Waals surface area contributed by atoms with Gasteiger partial charge in [-0.15, -0.1) is 0 Å². The Labute approximate surface area is 137 Å². The molecular weight excluding hydrogens is 286 g/mol. The summed E-state index contributed by atoms with van der Waals surface area (Å²) in [6.45, 7) is 2.98. The zero-order valence-corrected chi connectivity index (χ0v) is 13.9. The first-order valence-corrected chi connectivity index (χ1v) is 8.82. The lowest BCUT2D eigenvalue weighted by Gasteiger charge is -2.28. The fraction of sp³-hybridized carbons (Fsp3) is 0.611. The van der Waals surface area contributed by atoms with Crippen LogP contribution < -0.4 is 0 Å². The Kier molecular flexibility index (Phi) is 4.12. The number of nitrogens with zero attached hydrogens (tertiary/aromatic N) is 5. The van der Waals surface area contributed by atoms with E-state index in [-0.39, 0.29) is 0 Å². The van der Waals surface area contributed by atoms with E-state index in [9.17, 15) is 0 Å². The van der Waals surface area contributed by atoms with Crippen LogP contribution in [0.4, 0.5) is 0 Å². The van der Waals surface area contributed by atoms with Gasteiger partial charge in [0.15, 0.2) is 0 Å². The quantitative estimate of drug-likeness (QED) is 0.874. The first kappa shape index (κ1) is 14.8. The molecule has 2 aliphatic rings. The molecule has 1 saturated carbocycles. The molecule has 0 bridgehead atoms. The van der Waals surface area contributed by atoms with Gasteiger partial charge in [-0.3, -0.25) is 9.58 Å². The average Bonchev–Trinajstić information content (AvgIpc) is 3.00. The fourth-order valence-electron chi connectivity index (χ4n) is 3.89. The maximum Gasteiger partial charge on any atom is 0.131 e. The van der Waals surface area contributed by atoms with Crippen molar-refractivity contribution in [1.29, 1.82) is 0 Å². The summed E-state index contributed by atoms with van der Waals surface area (Å²) in [5.74, 6) is 1.70. The van der Waals surface area contributed by atoms with E-state index in [2.05, 4.69) is 22.4 Å². The molecule has 0 unspecified atom stereocenters. The van der Waals surface area contributed by atoms with Gasteiger partial charge in [0.25, 0.3) is 0 Å². The Balaban J connectivity index is 1.45. The van der Waals surface area contributed by atoms with Gasteiger partial charge in [0.1, 0.15) is 5.82 Å². The van der Waals surface area contributed by atoms with E-state index in [1.165, 1.54) is 48.9 Å².